The van der Waals surface area contributed by atoms with E-state index >= 15 is 0 Å². The maximum absolute atomic E-state index is 9.76. The third kappa shape index (κ3) is 2.63. The largest absolute Gasteiger partial charge is 0.493 e. The van der Waals surface area contributed by atoms with Crippen LogP contribution in [-0.2, 0) is 13.0 Å². The van der Waals surface area contributed by atoms with Gasteiger partial charge in [0.25, 0.3) is 5.82 Å². The predicted molar refractivity (Wildman–Crippen MR) is 106 cm³/mol. The standard InChI is InChI=1S/C21H19N3O2S/c1-12-5-7-27-20(12)15-9-17-14-10-19(26-3)18(25-2)8-13(14)4-6-24(17)21(23)16(15)11-22/h5,7-10,23H,4,6H2,1-3H3/p+1. The normalized spacial score (nSPS) is 12.1. The second-order valence-electron chi connectivity index (χ2n) is 6.51. The number of thiophene rings is 1. The van der Waals surface area contributed by atoms with Gasteiger partial charge in [0.1, 0.15) is 17.3 Å². The molecule has 136 valence electrons. The lowest BCUT2D eigenvalue weighted by molar-refractivity contribution is -0.673. The van der Waals surface area contributed by atoms with E-state index in [4.69, 9.17) is 15.2 Å². The minimum absolute atomic E-state index is 0.512. The van der Waals surface area contributed by atoms with Crippen molar-refractivity contribution in [3.63, 3.8) is 0 Å². The lowest BCUT2D eigenvalue weighted by Crippen LogP contribution is -2.44. The van der Waals surface area contributed by atoms with Crippen LogP contribution in [0.4, 0.5) is 5.82 Å². The number of rotatable bonds is 3. The average Bonchev–Trinajstić information content (AvgIpc) is 3.12. The zero-order valence-electron chi connectivity index (χ0n) is 15.5. The molecule has 0 atom stereocenters. The number of fused-ring (bicyclic) bond motifs is 3. The summed E-state index contributed by atoms with van der Waals surface area (Å²) in [5.74, 6) is 1.92. The predicted octanol–water partition coefficient (Wildman–Crippen LogP) is 3.71. The summed E-state index contributed by atoms with van der Waals surface area (Å²) in [6.07, 6.45) is 0.819. The first-order chi connectivity index (χ1) is 13.1. The fourth-order valence-corrected chi connectivity index (χ4v) is 4.65. The van der Waals surface area contributed by atoms with Gasteiger partial charge in [-0.3, -0.25) is 5.73 Å². The fraction of sp³-hybridized carbons (Fsp3) is 0.238. The number of hydrogen-bond acceptors (Lipinski definition) is 5. The monoisotopic (exact) mass is 378 g/mol. The van der Waals surface area contributed by atoms with Crippen LogP contribution in [0.15, 0.2) is 29.6 Å². The van der Waals surface area contributed by atoms with Crippen LogP contribution in [-0.4, -0.2) is 14.2 Å². The molecule has 0 bridgehead atoms. The van der Waals surface area contributed by atoms with Gasteiger partial charge in [-0.1, -0.05) is 0 Å². The summed E-state index contributed by atoms with van der Waals surface area (Å²) in [5.41, 5.74) is 12.3. The van der Waals surface area contributed by atoms with E-state index in [1.165, 1.54) is 5.56 Å². The number of methoxy groups -OCH3 is 2. The Balaban J connectivity index is 2.02. The number of benzene rings is 1. The molecule has 0 spiro atoms. The molecule has 6 heteroatoms. The molecule has 0 radical (unpaired) electrons. The molecule has 0 aliphatic carbocycles. The number of nitrogens with two attached hydrogens (primary N) is 1. The Kier molecular flexibility index (Phi) is 4.25. The SMILES string of the molecule is COc1cc2c(cc1OC)-c1cc(-c3sccc3C)c(C#N)c(N)[n+]1CC2. The van der Waals surface area contributed by atoms with Gasteiger partial charge in [0.05, 0.1) is 20.8 Å². The van der Waals surface area contributed by atoms with Crippen molar-refractivity contribution in [3.05, 3.63) is 46.3 Å². The molecule has 1 aromatic carbocycles. The van der Waals surface area contributed by atoms with E-state index in [2.05, 4.69) is 25.1 Å². The van der Waals surface area contributed by atoms with Crippen LogP contribution >= 0.6 is 11.3 Å². The number of anilines is 1. The molecule has 27 heavy (non-hydrogen) atoms. The zero-order valence-corrected chi connectivity index (χ0v) is 16.3. The molecule has 0 fully saturated rings. The van der Waals surface area contributed by atoms with Crippen molar-refractivity contribution in [2.45, 2.75) is 19.9 Å². The third-order valence-corrected chi connectivity index (χ3v) is 6.15. The Morgan fingerprint density at radius 1 is 1.15 bits per heavy atom. The number of aromatic nitrogens is 1. The van der Waals surface area contributed by atoms with Crippen LogP contribution in [0, 0.1) is 18.3 Å². The minimum Gasteiger partial charge on any atom is -0.493 e. The van der Waals surface area contributed by atoms with Gasteiger partial charge in [0, 0.05) is 22.4 Å². The molecule has 1 aliphatic heterocycles. The highest BCUT2D eigenvalue weighted by atomic mass is 32.1. The third-order valence-electron chi connectivity index (χ3n) is 5.10. The van der Waals surface area contributed by atoms with Gasteiger partial charge in [-0.05, 0) is 47.7 Å². The van der Waals surface area contributed by atoms with Crippen molar-refractivity contribution in [1.82, 2.24) is 0 Å². The second kappa shape index (κ2) is 6.60. The van der Waals surface area contributed by atoms with Crippen LogP contribution < -0.4 is 19.8 Å². The lowest BCUT2D eigenvalue weighted by atomic mass is 9.93. The van der Waals surface area contributed by atoms with Crippen molar-refractivity contribution in [3.8, 4) is 39.3 Å². The van der Waals surface area contributed by atoms with Crippen LogP contribution in [0.1, 0.15) is 16.7 Å². The molecule has 0 unspecified atom stereocenters. The number of pyridine rings is 1. The van der Waals surface area contributed by atoms with Crippen molar-refractivity contribution in [1.29, 1.82) is 5.26 Å². The maximum atomic E-state index is 9.76. The molecule has 5 nitrogen and oxygen atoms in total. The van der Waals surface area contributed by atoms with E-state index in [0.29, 0.717) is 17.1 Å². The lowest BCUT2D eigenvalue weighted by Gasteiger charge is -2.22. The molecular formula is C21H20N3O2S+. The van der Waals surface area contributed by atoms with Crippen LogP contribution in [0.2, 0.25) is 0 Å². The highest BCUT2D eigenvalue weighted by Crippen LogP contribution is 2.40. The minimum atomic E-state index is 0.512. The first-order valence-corrected chi connectivity index (χ1v) is 9.53. The van der Waals surface area contributed by atoms with Gasteiger partial charge in [-0.25, -0.2) is 4.57 Å². The molecular weight excluding hydrogens is 358 g/mol. The summed E-state index contributed by atoms with van der Waals surface area (Å²) in [6, 6.07) is 10.5. The van der Waals surface area contributed by atoms with Gasteiger partial charge in [-0.2, -0.15) is 5.26 Å². The average molecular weight is 378 g/mol. The second-order valence-corrected chi connectivity index (χ2v) is 7.43. The number of ether oxygens (including phenoxy) is 2. The number of aryl methyl sites for hydroxylation is 2. The summed E-state index contributed by atoms with van der Waals surface area (Å²) in [7, 11) is 3.28. The molecule has 3 aromatic rings. The van der Waals surface area contributed by atoms with Crippen molar-refractivity contribution in [2.75, 3.05) is 20.0 Å². The van der Waals surface area contributed by atoms with E-state index in [1.54, 1.807) is 25.6 Å². The highest BCUT2D eigenvalue weighted by molar-refractivity contribution is 7.13. The van der Waals surface area contributed by atoms with Crippen molar-refractivity contribution < 1.29 is 14.0 Å². The van der Waals surface area contributed by atoms with Gasteiger partial charge in [0.2, 0.25) is 0 Å². The Hall–Kier alpha value is -3.04. The van der Waals surface area contributed by atoms with Gasteiger partial charge >= 0.3 is 0 Å². The van der Waals surface area contributed by atoms with E-state index in [1.807, 2.05) is 22.1 Å². The van der Waals surface area contributed by atoms with Crippen LogP contribution in [0.3, 0.4) is 0 Å². The van der Waals surface area contributed by atoms with Gasteiger partial charge < -0.3 is 9.47 Å². The molecule has 3 heterocycles. The Bertz CT molecular complexity index is 1100. The smallest absolute Gasteiger partial charge is 0.291 e. The molecule has 0 amide bonds. The Morgan fingerprint density at radius 3 is 2.52 bits per heavy atom. The van der Waals surface area contributed by atoms with Crippen molar-refractivity contribution >= 4 is 17.2 Å². The first kappa shape index (κ1) is 17.4. The molecule has 0 saturated heterocycles. The number of nitrogen functional groups attached to an aromatic ring is 1. The van der Waals surface area contributed by atoms with E-state index in [9.17, 15) is 5.26 Å². The number of nitriles is 1. The van der Waals surface area contributed by atoms with E-state index < -0.39 is 0 Å². The maximum Gasteiger partial charge on any atom is 0.291 e. The summed E-state index contributed by atoms with van der Waals surface area (Å²) in [6.45, 7) is 2.78. The summed E-state index contributed by atoms with van der Waals surface area (Å²) in [4.78, 5) is 1.08. The van der Waals surface area contributed by atoms with Crippen LogP contribution in [0.25, 0.3) is 21.7 Å². The highest BCUT2D eigenvalue weighted by Gasteiger charge is 2.29. The van der Waals surface area contributed by atoms with E-state index in [-0.39, 0.29) is 0 Å². The van der Waals surface area contributed by atoms with Gasteiger partial charge in [-0.15, -0.1) is 11.3 Å². The Labute approximate surface area is 162 Å². The van der Waals surface area contributed by atoms with Crippen molar-refractivity contribution in [2.24, 2.45) is 0 Å². The fourth-order valence-electron chi connectivity index (χ4n) is 3.70. The number of hydrogen-bond donors (Lipinski definition) is 1. The summed E-state index contributed by atoms with van der Waals surface area (Å²) in [5, 5.41) is 11.8. The molecule has 2 aromatic heterocycles. The topological polar surface area (TPSA) is 72.1 Å². The summed E-state index contributed by atoms with van der Waals surface area (Å²) < 4.78 is 13.0. The summed E-state index contributed by atoms with van der Waals surface area (Å²) >= 11 is 1.63. The Morgan fingerprint density at radius 2 is 1.89 bits per heavy atom. The molecule has 0 saturated carbocycles. The molecule has 2 N–H and O–H groups in total. The molecule has 4 rings (SSSR count). The zero-order chi connectivity index (χ0) is 19.1. The van der Waals surface area contributed by atoms with E-state index in [0.717, 1.165) is 46.0 Å². The van der Waals surface area contributed by atoms with Crippen LogP contribution in [0.5, 0.6) is 11.5 Å². The quantitative estimate of drug-likeness (QED) is 0.705. The molecule has 1 aliphatic rings. The number of nitrogens with zero attached hydrogens (tertiary/aromatic N) is 2. The first-order valence-electron chi connectivity index (χ1n) is 8.65. The van der Waals surface area contributed by atoms with Gasteiger partial charge in [0.15, 0.2) is 11.5 Å².